The largest absolute Gasteiger partial charge is 0.458 e. The number of ether oxygens (including phenoxy) is 2. The van der Waals surface area contributed by atoms with Crippen LogP contribution < -0.4 is 10.1 Å². The molecule has 0 aliphatic carbocycles. The van der Waals surface area contributed by atoms with Gasteiger partial charge < -0.3 is 19.6 Å². The summed E-state index contributed by atoms with van der Waals surface area (Å²) in [6.07, 6.45) is 2.60. The highest BCUT2D eigenvalue weighted by Crippen LogP contribution is 2.43. The summed E-state index contributed by atoms with van der Waals surface area (Å²) in [5.41, 5.74) is 2.61. The third-order valence-electron chi connectivity index (χ3n) is 4.52. The van der Waals surface area contributed by atoms with Crippen molar-refractivity contribution < 1.29 is 14.3 Å². The summed E-state index contributed by atoms with van der Waals surface area (Å²) in [4.78, 5) is 11.7. The van der Waals surface area contributed by atoms with Crippen LogP contribution in [-0.2, 0) is 9.53 Å². The number of carbonyl (C=O) groups is 1. The Labute approximate surface area is 151 Å². The first kappa shape index (κ1) is 16.3. The quantitative estimate of drug-likeness (QED) is 0.855. The first-order chi connectivity index (χ1) is 12.3. The summed E-state index contributed by atoms with van der Waals surface area (Å²) in [5, 5.41) is 3.94. The normalized spacial score (nSPS) is 22.5. The van der Waals surface area contributed by atoms with Crippen molar-refractivity contribution in [2.45, 2.75) is 12.0 Å². The van der Waals surface area contributed by atoms with Crippen molar-refractivity contribution in [3.63, 3.8) is 0 Å². The molecule has 0 spiro atoms. The number of allylic oxidation sites excluding steroid dienone is 1. The van der Waals surface area contributed by atoms with Crippen molar-refractivity contribution in [1.29, 1.82) is 0 Å². The second-order valence-corrected chi connectivity index (χ2v) is 6.51. The number of hydrogen-bond donors (Lipinski definition) is 1. The molecule has 2 aromatic rings. The minimum atomic E-state index is -0.355. The number of aldehydes is 1. The van der Waals surface area contributed by atoms with Crippen molar-refractivity contribution in [3.05, 3.63) is 64.9 Å². The second-order valence-electron chi connectivity index (χ2n) is 6.10. The fourth-order valence-corrected chi connectivity index (χ4v) is 3.51. The van der Waals surface area contributed by atoms with Gasteiger partial charge in [-0.2, -0.15) is 0 Å². The molecule has 0 bridgehead atoms. The van der Waals surface area contributed by atoms with Crippen LogP contribution in [0.3, 0.4) is 0 Å². The highest BCUT2D eigenvalue weighted by molar-refractivity contribution is 6.33. The van der Waals surface area contributed by atoms with Crippen LogP contribution in [0.4, 0.5) is 0 Å². The van der Waals surface area contributed by atoms with Crippen molar-refractivity contribution in [3.8, 4) is 16.9 Å². The second kappa shape index (κ2) is 7.00. The lowest BCUT2D eigenvalue weighted by Gasteiger charge is -2.31. The molecule has 2 heterocycles. The predicted octanol–water partition coefficient (Wildman–Crippen LogP) is 3.55. The van der Waals surface area contributed by atoms with Gasteiger partial charge in [-0.25, -0.2) is 0 Å². The molecule has 4 rings (SSSR count). The lowest BCUT2D eigenvalue weighted by Crippen LogP contribution is -2.41. The van der Waals surface area contributed by atoms with Crippen LogP contribution in [0.2, 0.25) is 5.02 Å². The van der Waals surface area contributed by atoms with Crippen LogP contribution in [0.25, 0.3) is 11.1 Å². The topological polar surface area (TPSA) is 47.6 Å². The van der Waals surface area contributed by atoms with Gasteiger partial charge in [-0.3, -0.25) is 0 Å². The molecule has 5 heteroatoms. The molecular formula is C20H18ClNO3. The average Bonchev–Trinajstić information content (AvgIpc) is 2.68. The van der Waals surface area contributed by atoms with Crippen molar-refractivity contribution in [2.75, 3.05) is 19.7 Å². The highest BCUT2D eigenvalue weighted by Gasteiger charge is 2.30. The molecule has 1 N–H and O–H groups in total. The molecule has 0 aromatic heterocycles. The fourth-order valence-electron chi connectivity index (χ4n) is 3.28. The number of rotatable bonds is 3. The SMILES string of the molecule is O=CC1C=C(C2CNCCO2)Oc2c(-c3ccccc3Cl)cccc21. The molecule has 0 amide bonds. The van der Waals surface area contributed by atoms with E-state index in [1.54, 1.807) is 0 Å². The zero-order valence-corrected chi connectivity index (χ0v) is 14.3. The molecule has 1 fully saturated rings. The minimum absolute atomic E-state index is 0.191. The van der Waals surface area contributed by atoms with Gasteiger partial charge in [0.2, 0.25) is 0 Å². The monoisotopic (exact) mass is 355 g/mol. The van der Waals surface area contributed by atoms with Gasteiger partial charge >= 0.3 is 0 Å². The Morgan fingerprint density at radius 2 is 1.96 bits per heavy atom. The summed E-state index contributed by atoms with van der Waals surface area (Å²) >= 11 is 6.38. The van der Waals surface area contributed by atoms with Gasteiger partial charge in [0.1, 0.15) is 23.9 Å². The van der Waals surface area contributed by atoms with Gasteiger partial charge in [0.15, 0.2) is 0 Å². The van der Waals surface area contributed by atoms with Crippen molar-refractivity contribution in [2.24, 2.45) is 0 Å². The van der Waals surface area contributed by atoms with Crippen LogP contribution in [-0.4, -0.2) is 32.1 Å². The van der Waals surface area contributed by atoms with E-state index in [0.29, 0.717) is 29.7 Å². The Morgan fingerprint density at radius 3 is 2.72 bits per heavy atom. The predicted molar refractivity (Wildman–Crippen MR) is 97.0 cm³/mol. The summed E-state index contributed by atoms with van der Waals surface area (Å²) in [5.74, 6) is 1.00. The van der Waals surface area contributed by atoms with Crippen molar-refractivity contribution >= 4 is 17.9 Å². The average molecular weight is 356 g/mol. The van der Waals surface area contributed by atoms with Gasteiger partial charge in [-0.15, -0.1) is 0 Å². The fraction of sp³-hybridized carbons (Fsp3) is 0.250. The van der Waals surface area contributed by atoms with Gasteiger partial charge in [-0.05, 0) is 12.1 Å². The molecule has 2 aromatic carbocycles. The number of halogens is 1. The van der Waals surface area contributed by atoms with E-state index in [0.717, 1.165) is 29.5 Å². The highest BCUT2D eigenvalue weighted by atomic mass is 35.5. The number of benzene rings is 2. The van der Waals surface area contributed by atoms with E-state index >= 15 is 0 Å². The maximum Gasteiger partial charge on any atom is 0.139 e. The molecule has 2 aliphatic heterocycles. The molecule has 0 radical (unpaired) electrons. The van der Waals surface area contributed by atoms with Crippen LogP contribution in [0.5, 0.6) is 5.75 Å². The first-order valence-electron chi connectivity index (χ1n) is 8.33. The smallest absolute Gasteiger partial charge is 0.139 e. The van der Waals surface area contributed by atoms with E-state index in [9.17, 15) is 4.79 Å². The van der Waals surface area contributed by atoms with Gasteiger partial charge in [0.25, 0.3) is 0 Å². The van der Waals surface area contributed by atoms with E-state index in [1.165, 1.54) is 0 Å². The molecule has 4 nitrogen and oxygen atoms in total. The van der Waals surface area contributed by atoms with Crippen LogP contribution in [0, 0.1) is 0 Å². The Morgan fingerprint density at radius 1 is 1.12 bits per heavy atom. The van der Waals surface area contributed by atoms with Crippen LogP contribution in [0.1, 0.15) is 11.5 Å². The molecule has 2 atom stereocenters. The molecule has 0 saturated carbocycles. The molecule has 25 heavy (non-hydrogen) atoms. The Kier molecular flexibility index (Phi) is 4.57. The lowest BCUT2D eigenvalue weighted by molar-refractivity contribution is -0.108. The zero-order valence-electron chi connectivity index (χ0n) is 13.6. The molecular weight excluding hydrogens is 338 g/mol. The summed E-state index contributed by atoms with van der Waals surface area (Å²) in [7, 11) is 0. The van der Waals surface area contributed by atoms with Crippen LogP contribution in [0.15, 0.2) is 54.3 Å². The lowest BCUT2D eigenvalue weighted by atomic mass is 9.91. The number of para-hydroxylation sites is 1. The third-order valence-corrected chi connectivity index (χ3v) is 4.85. The maximum atomic E-state index is 11.7. The minimum Gasteiger partial charge on any atom is -0.458 e. The number of morpholine rings is 1. The summed E-state index contributed by atoms with van der Waals surface area (Å²) in [6.45, 7) is 2.11. The molecule has 1 saturated heterocycles. The summed E-state index contributed by atoms with van der Waals surface area (Å²) < 4.78 is 12.0. The van der Waals surface area contributed by atoms with E-state index < -0.39 is 0 Å². The maximum absolute atomic E-state index is 11.7. The number of hydrogen-bond acceptors (Lipinski definition) is 4. The number of nitrogens with one attached hydrogen (secondary N) is 1. The standard InChI is InChI=1S/C20H18ClNO3/c21-17-7-2-1-4-15(17)16-6-3-5-14-13(12-23)10-18(25-20(14)16)19-11-22-8-9-24-19/h1-7,10,12-13,19,22H,8-9,11H2. The number of fused-ring (bicyclic) bond motifs is 1. The Bertz CT molecular complexity index is 827. The number of carbonyl (C=O) groups excluding carboxylic acids is 1. The van der Waals surface area contributed by atoms with Crippen LogP contribution >= 0.6 is 11.6 Å². The Balaban J connectivity index is 1.79. The Hall–Kier alpha value is -2.14. The third kappa shape index (κ3) is 3.09. The van der Waals surface area contributed by atoms with E-state index in [1.807, 2.05) is 48.5 Å². The molecule has 128 valence electrons. The van der Waals surface area contributed by atoms with E-state index in [-0.39, 0.29) is 12.0 Å². The molecule has 2 unspecified atom stereocenters. The van der Waals surface area contributed by atoms with Gasteiger partial charge in [-0.1, -0.05) is 48.0 Å². The van der Waals surface area contributed by atoms with Crippen molar-refractivity contribution in [1.82, 2.24) is 5.32 Å². The van der Waals surface area contributed by atoms with Gasteiger partial charge in [0.05, 0.1) is 12.5 Å². The van der Waals surface area contributed by atoms with E-state index in [4.69, 9.17) is 21.1 Å². The first-order valence-corrected chi connectivity index (χ1v) is 8.70. The van der Waals surface area contributed by atoms with E-state index in [2.05, 4.69) is 5.32 Å². The zero-order chi connectivity index (χ0) is 17.2. The molecule has 2 aliphatic rings. The van der Waals surface area contributed by atoms with Gasteiger partial charge in [0, 0.05) is 34.8 Å². The summed E-state index contributed by atoms with van der Waals surface area (Å²) in [6, 6.07) is 13.4.